The maximum absolute atomic E-state index is 13.1. The highest BCUT2D eigenvalue weighted by Crippen LogP contribution is 2.33. The van der Waals surface area contributed by atoms with Crippen molar-refractivity contribution in [3.05, 3.63) is 52.8 Å². The van der Waals surface area contributed by atoms with Crippen LogP contribution in [0.15, 0.2) is 30.5 Å². The number of hydrogen-bond donors (Lipinski definition) is 0. The van der Waals surface area contributed by atoms with Gasteiger partial charge in [0, 0.05) is 26.3 Å². The van der Waals surface area contributed by atoms with Crippen molar-refractivity contribution in [3.8, 4) is 0 Å². The molecule has 1 amide bonds. The van der Waals surface area contributed by atoms with Crippen LogP contribution in [0.4, 0.5) is 13.2 Å². The molecule has 7 heteroatoms. The summed E-state index contributed by atoms with van der Waals surface area (Å²) in [5.41, 5.74) is 1.07. The topological polar surface area (TPSA) is 38.1 Å². The molecular formula is C20H24F3N3O. The third-order valence-electron chi connectivity index (χ3n) is 5.19. The van der Waals surface area contributed by atoms with Crippen LogP contribution in [0.1, 0.15) is 46.4 Å². The molecule has 0 aliphatic carbocycles. The van der Waals surface area contributed by atoms with Gasteiger partial charge in [0.2, 0.25) is 0 Å². The summed E-state index contributed by atoms with van der Waals surface area (Å²) < 4.78 is 41.1. The minimum absolute atomic E-state index is 0.0407. The van der Waals surface area contributed by atoms with E-state index in [1.807, 2.05) is 11.8 Å². The highest BCUT2D eigenvalue weighted by atomic mass is 19.4. The molecule has 1 saturated heterocycles. The van der Waals surface area contributed by atoms with Crippen LogP contribution in [0.2, 0.25) is 0 Å². The van der Waals surface area contributed by atoms with Gasteiger partial charge in [-0.15, -0.1) is 0 Å². The lowest BCUT2D eigenvalue weighted by Gasteiger charge is -2.33. The highest BCUT2D eigenvalue weighted by Gasteiger charge is 2.33. The number of likely N-dealkylation sites (tertiary alicyclic amines) is 1. The van der Waals surface area contributed by atoms with Crippen LogP contribution >= 0.6 is 0 Å². The first-order valence-corrected chi connectivity index (χ1v) is 9.20. The predicted molar refractivity (Wildman–Crippen MR) is 96.3 cm³/mol. The fourth-order valence-electron chi connectivity index (χ4n) is 3.84. The second kappa shape index (κ2) is 7.74. The zero-order valence-electron chi connectivity index (χ0n) is 15.6. The molecule has 0 radical (unpaired) electrons. The Kier molecular flexibility index (Phi) is 5.58. The third-order valence-corrected chi connectivity index (χ3v) is 5.19. The summed E-state index contributed by atoms with van der Waals surface area (Å²) in [5.74, 6) is 0.168. The summed E-state index contributed by atoms with van der Waals surface area (Å²) in [6, 6.07) is 5.75. The van der Waals surface area contributed by atoms with Gasteiger partial charge < -0.3 is 4.90 Å². The van der Waals surface area contributed by atoms with Gasteiger partial charge in [0.05, 0.1) is 16.8 Å². The zero-order chi connectivity index (χ0) is 19.6. The lowest BCUT2D eigenvalue weighted by Crippen LogP contribution is -2.40. The Labute approximate surface area is 157 Å². The van der Waals surface area contributed by atoms with E-state index in [9.17, 15) is 18.0 Å². The number of rotatable bonds is 4. The number of nitrogens with zero attached hydrogens (tertiary/aromatic N) is 3. The van der Waals surface area contributed by atoms with Gasteiger partial charge in [0.1, 0.15) is 0 Å². The molecule has 146 valence electrons. The molecule has 1 atom stereocenters. The maximum atomic E-state index is 13.1. The monoisotopic (exact) mass is 379 g/mol. The summed E-state index contributed by atoms with van der Waals surface area (Å²) in [6.45, 7) is 3.08. The Bertz CT molecular complexity index is 813. The Morgan fingerprint density at radius 2 is 2.04 bits per heavy atom. The van der Waals surface area contributed by atoms with E-state index in [4.69, 9.17) is 0 Å². The van der Waals surface area contributed by atoms with E-state index in [-0.39, 0.29) is 11.8 Å². The molecule has 1 aliphatic heterocycles. The molecule has 27 heavy (non-hydrogen) atoms. The Hall–Kier alpha value is -2.31. The molecule has 0 unspecified atom stereocenters. The van der Waals surface area contributed by atoms with Crippen molar-refractivity contribution in [2.75, 3.05) is 13.1 Å². The van der Waals surface area contributed by atoms with Crippen LogP contribution in [0.3, 0.4) is 0 Å². The van der Waals surface area contributed by atoms with Crippen molar-refractivity contribution >= 4 is 5.91 Å². The first-order chi connectivity index (χ1) is 12.8. The standard InChI is InChI=1S/C20H24F3N3O/c1-14-17(13-25(2)24-14)19(27)26-11-5-6-15(12-26)9-10-16-7-3-4-8-18(16)20(21,22)23/h3-4,7-8,13,15H,5-6,9-12H2,1-2H3/t15-/m0/s1. The minimum Gasteiger partial charge on any atom is -0.338 e. The lowest BCUT2D eigenvalue weighted by molar-refractivity contribution is -0.138. The van der Waals surface area contributed by atoms with Crippen molar-refractivity contribution in [2.45, 2.75) is 38.8 Å². The van der Waals surface area contributed by atoms with E-state index in [2.05, 4.69) is 5.10 Å². The van der Waals surface area contributed by atoms with Gasteiger partial charge in [0.15, 0.2) is 0 Å². The first kappa shape index (κ1) is 19.5. The predicted octanol–water partition coefficient (Wildman–Crippen LogP) is 4.23. The second-order valence-corrected chi connectivity index (χ2v) is 7.25. The van der Waals surface area contributed by atoms with E-state index >= 15 is 0 Å². The van der Waals surface area contributed by atoms with E-state index in [1.165, 1.54) is 6.07 Å². The Balaban J connectivity index is 1.64. The number of piperidine rings is 1. The van der Waals surface area contributed by atoms with E-state index in [1.54, 1.807) is 30.1 Å². The zero-order valence-corrected chi connectivity index (χ0v) is 15.6. The van der Waals surface area contributed by atoms with Gasteiger partial charge in [-0.1, -0.05) is 18.2 Å². The molecule has 1 aromatic heterocycles. The number of halogens is 3. The van der Waals surface area contributed by atoms with Gasteiger partial charge in [-0.05, 0) is 50.2 Å². The van der Waals surface area contributed by atoms with Crippen molar-refractivity contribution in [1.29, 1.82) is 0 Å². The first-order valence-electron chi connectivity index (χ1n) is 9.20. The van der Waals surface area contributed by atoms with Crippen LogP contribution in [0, 0.1) is 12.8 Å². The highest BCUT2D eigenvalue weighted by molar-refractivity contribution is 5.95. The van der Waals surface area contributed by atoms with Crippen LogP contribution in [-0.2, 0) is 19.6 Å². The van der Waals surface area contributed by atoms with Crippen LogP contribution in [0.5, 0.6) is 0 Å². The van der Waals surface area contributed by atoms with Gasteiger partial charge >= 0.3 is 6.18 Å². The molecule has 0 spiro atoms. The number of aryl methyl sites for hydroxylation is 3. The summed E-state index contributed by atoms with van der Waals surface area (Å²) in [6.07, 6.45) is 0.210. The van der Waals surface area contributed by atoms with Crippen LogP contribution in [-0.4, -0.2) is 33.7 Å². The molecule has 3 rings (SSSR count). The molecule has 0 saturated carbocycles. The number of benzene rings is 1. The second-order valence-electron chi connectivity index (χ2n) is 7.25. The fraction of sp³-hybridized carbons (Fsp3) is 0.500. The number of amides is 1. The number of aromatic nitrogens is 2. The average molecular weight is 379 g/mol. The number of carbonyl (C=O) groups excluding carboxylic acids is 1. The SMILES string of the molecule is Cc1nn(C)cc1C(=O)N1CCC[C@@H](CCc2ccccc2C(F)(F)F)C1. The summed E-state index contributed by atoms with van der Waals surface area (Å²) >= 11 is 0. The minimum atomic E-state index is -4.33. The largest absolute Gasteiger partial charge is 0.416 e. The molecule has 2 heterocycles. The summed E-state index contributed by atoms with van der Waals surface area (Å²) in [4.78, 5) is 14.6. The molecule has 2 aromatic rings. The van der Waals surface area contributed by atoms with Gasteiger partial charge in [-0.2, -0.15) is 18.3 Å². The molecule has 1 fully saturated rings. The van der Waals surface area contributed by atoms with Crippen molar-refractivity contribution in [3.63, 3.8) is 0 Å². The van der Waals surface area contributed by atoms with Crippen LogP contribution in [0.25, 0.3) is 0 Å². The van der Waals surface area contributed by atoms with E-state index in [0.29, 0.717) is 42.8 Å². The number of hydrogen-bond acceptors (Lipinski definition) is 2. The van der Waals surface area contributed by atoms with Crippen LogP contribution < -0.4 is 0 Å². The normalized spacial score (nSPS) is 18.0. The number of alkyl halides is 3. The molecule has 1 aromatic carbocycles. The summed E-state index contributed by atoms with van der Waals surface area (Å²) in [5, 5.41) is 4.22. The van der Waals surface area contributed by atoms with E-state index in [0.717, 1.165) is 18.9 Å². The Morgan fingerprint density at radius 3 is 2.70 bits per heavy atom. The molecular weight excluding hydrogens is 355 g/mol. The average Bonchev–Trinajstić information content (AvgIpc) is 2.97. The molecule has 0 bridgehead atoms. The molecule has 0 N–H and O–H groups in total. The lowest BCUT2D eigenvalue weighted by atomic mass is 9.90. The molecule has 4 nitrogen and oxygen atoms in total. The van der Waals surface area contributed by atoms with Crippen molar-refractivity contribution < 1.29 is 18.0 Å². The third kappa shape index (κ3) is 4.51. The maximum Gasteiger partial charge on any atom is 0.416 e. The summed E-state index contributed by atoms with van der Waals surface area (Å²) in [7, 11) is 1.78. The Morgan fingerprint density at radius 1 is 1.30 bits per heavy atom. The van der Waals surface area contributed by atoms with Gasteiger partial charge in [0.25, 0.3) is 5.91 Å². The smallest absolute Gasteiger partial charge is 0.338 e. The van der Waals surface area contributed by atoms with Crippen molar-refractivity contribution in [1.82, 2.24) is 14.7 Å². The fourth-order valence-corrected chi connectivity index (χ4v) is 3.84. The van der Waals surface area contributed by atoms with Gasteiger partial charge in [-0.3, -0.25) is 9.48 Å². The molecule has 1 aliphatic rings. The quantitative estimate of drug-likeness (QED) is 0.797. The van der Waals surface area contributed by atoms with Gasteiger partial charge in [-0.25, -0.2) is 0 Å². The number of carbonyl (C=O) groups is 1. The van der Waals surface area contributed by atoms with E-state index < -0.39 is 11.7 Å². The van der Waals surface area contributed by atoms with Crippen molar-refractivity contribution in [2.24, 2.45) is 13.0 Å².